The summed E-state index contributed by atoms with van der Waals surface area (Å²) >= 11 is 0. The molecule has 1 heterocycles. The minimum Gasteiger partial charge on any atom is -0.389 e. The molecule has 0 aromatic carbocycles. The minimum atomic E-state index is -0.796. The van der Waals surface area contributed by atoms with Crippen LogP contribution in [0.25, 0.3) is 0 Å². The van der Waals surface area contributed by atoms with Gasteiger partial charge >= 0.3 is 0 Å². The molecule has 4 heteroatoms. The third kappa shape index (κ3) is 2.21. The smallest absolute Gasteiger partial charge is 0.269 e. The van der Waals surface area contributed by atoms with Gasteiger partial charge in [-0.2, -0.15) is 0 Å². The number of aryl methyl sites for hydroxylation is 1. The fraction of sp³-hybridized carbons (Fsp3) is 0.667. The van der Waals surface area contributed by atoms with Gasteiger partial charge in [0.05, 0.1) is 12.1 Å². The second-order valence-corrected chi connectivity index (χ2v) is 4.05. The second-order valence-electron chi connectivity index (χ2n) is 4.05. The number of hydrogen-bond donors (Lipinski definition) is 1. The highest BCUT2D eigenvalue weighted by molar-refractivity contribution is 5.02. The molecule has 0 amide bonds. The Balaban J connectivity index is 3.04. The lowest BCUT2D eigenvalue weighted by molar-refractivity contribution is 0.0539. The molecule has 74 valence electrons. The normalized spacial score (nSPS) is 12.1. The van der Waals surface area contributed by atoms with Gasteiger partial charge in [0, 0.05) is 18.8 Å². The van der Waals surface area contributed by atoms with E-state index in [9.17, 15) is 9.90 Å². The Bertz CT molecular complexity index is 355. The van der Waals surface area contributed by atoms with E-state index in [2.05, 4.69) is 0 Å². The lowest BCUT2D eigenvalue weighted by atomic mass is 10.1. The molecule has 1 aromatic rings. The largest absolute Gasteiger partial charge is 0.389 e. The van der Waals surface area contributed by atoms with Crippen LogP contribution in [0.4, 0.5) is 0 Å². The highest BCUT2D eigenvalue weighted by Crippen LogP contribution is 2.05. The van der Waals surface area contributed by atoms with Gasteiger partial charge in [-0.1, -0.05) is 0 Å². The Labute approximate surface area is 77.4 Å². The topological polar surface area (TPSA) is 47.2 Å². The SMILES string of the molecule is Cc1cn(CC(C)(C)O)n(C)c1=O. The Morgan fingerprint density at radius 3 is 2.38 bits per heavy atom. The first kappa shape index (κ1) is 10.1. The molecule has 0 aliphatic rings. The fourth-order valence-electron chi connectivity index (χ4n) is 1.29. The minimum absolute atomic E-state index is 0.00995. The van der Waals surface area contributed by atoms with E-state index >= 15 is 0 Å². The van der Waals surface area contributed by atoms with Crippen LogP contribution in [0.5, 0.6) is 0 Å². The number of hydrogen-bond acceptors (Lipinski definition) is 2. The van der Waals surface area contributed by atoms with Crippen molar-refractivity contribution in [1.29, 1.82) is 0 Å². The van der Waals surface area contributed by atoms with Crippen molar-refractivity contribution in [2.24, 2.45) is 7.05 Å². The van der Waals surface area contributed by atoms with Crippen LogP contribution in [0.2, 0.25) is 0 Å². The standard InChI is InChI=1S/C9H16N2O2/c1-7-5-11(6-9(2,3)13)10(4)8(7)12/h5,13H,6H2,1-4H3. The van der Waals surface area contributed by atoms with E-state index in [1.807, 2.05) is 0 Å². The van der Waals surface area contributed by atoms with Crippen molar-refractivity contribution < 1.29 is 5.11 Å². The van der Waals surface area contributed by atoms with Crippen LogP contribution >= 0.6 is 0 Å². The number of aromatic nitrogens is 2. The first-order chi connectivity index (χ1) is 5.81. The third-order valence-corrected chi connectivity index (χ3v) is 1.91. The van der Waals surface area contributed by atoms with E-state index in [0.29, 0.717) is 12.1 Å². The highest BCUT2D eigenvalue weighted by atomic mass is 16.3. The molecule has 4 nitrogen and oxygen atoms in total. The summed E-state index contributed by atoms with van der Waals surface area (Å²) in [5.41, 5.74) is -0.105. The van der Waals surface area contributed by atoms with Crippen LogP contribution < -0.4 is 5.56 Å². The molecule has 0 radical (unpaired) electrons. The molecule has 0 spiro atoms. The predicted molar refractivity (Wildman–Crippen MR) is 50.7 cm³/mol. The van der Waals surface area contributed by atoms with Crippen LogP contribution in [-0.2, 0) is 13.6 Å². The van der Waals surface area contributed by atoms with Gasteiger partial charge in [0.15, 0.2) is 0 Å². The molecule has 0 bridgehead atoms. The van der Waals surface area contributed by atoms with Gasteiger partial charge in [-0.15, -0.1) is 0 Å². The molecule has 1 N–H and O–H groups in total. The molecule has 1 aromatic heterocycles. The van der Waals surface area contributed by atoms with Crippen molar-refractivity contribution in [2.45, 2.75) is 32.9 Å². The highest BCUT2D eigenvalue weighted by Gasteiger charge is 2.15. The third-order valence-electron chi connectivity index (χ3n) is 1.91. The van der Waals surface area contributed by atoms with E-state index in [0.717, 1.165) is 0 Å². The van der Waals surface area contributed by atoms with E-state index < -0.39 is 5.60 Å². The van der Waals surface area contributed by atoms with Crippen molar-refractivity contribution in [3.05, 3.63) is 22.1 Å². The molecular formula is C9H16N2O2. The molecule has 0 aliphatic carbocycles. The molecule has 0 atom stereocenters. The lowest BCUT2D eigenvalue weighted by Crippen LogP contribution is -2.30. The van der Waals surface area contributed by atoms with Crippen LogP contribution in [0, 0.1) is 6.92 Å². The Morgan fingerprint density at radius 1 is 1.54 bits per heavy atom. The van der Waals surface area contributed by atoms with Gasteiger partial charge in [0.25, 0.3) is 5.56 Å². The molecule has 0 saturated heterocycles. The maximum Gasteiger partial charge on any atom is 0.269 e. The quantitative estimate of drug-likeness (QED) is 0.717. The van der Waals surface area contributed by atoms with E-state index in [1.54, 1.807) is 38.7 Å². The Morgan fingerprint density at radius 2 is 2.08 bits per heavy atom. The van der Waals surface area contributed by atoms with Crippen molar-refractivity contribution >= 4 is 0 Å². The average molecular weight is 184 g/mol. The zero-order chi connectivity index (χ0) is 10.2. The lowest BCUT2D eigenvalue weighted by Gasteiger charge is -2.19. The van der Waals surface area contributed by atoms with Crippen LogP contribution in [0.3, 0.4) is 0 Å². The van der Waals surface area contributed by atoms with Crippen molar-refractivity contribution in [2.75, 3.05) is 0 Å². The molecule has 0 fully saturated rings. The van der Waals surface area contributed by atoms with Gasteiger partial charge in [0.2, 0.25) is 0 Å². The maximum absolute atomic E-state index is 11.3. The number of aliphatic hydroxyl groups is 1. The summed E-state index contributed by atoms with van der Waals surface area (Å²) in [5.74, 6) is 0. The van der Waals surface area contributed by atoms with Gasteiger partial charge in [0.1, 0.15) is 0 Å². The van der Waals surface area contributed by atoms with E-state index in [4.69, 9.17) is 0 Å². The van der Waals surface area contributed by atoms with Crippen LogP contribution in [0.1, 0.15) is 19.4 Å². The molecule has 13 heavy (non-hydrogen) atoms. The summed E-state index contributed by atoms with van der Waals surface area (Å²) in [4.78, 5) is 11.3. The van der Waals surface area contributed by atoms with Crippen molar-refractivity contribution in [3.63, 3.8) is 0 Å². The van der Waals surface area contributed by atoms with Crippen LogP contribution in [-0.4, -0.2) is 20.1 Å². The van der Waals surface area contributed by atoms with Gasteiger partial charge in [-0.25, -0.2) is 0 Å². The predicted octanol–water partition coefficient (Wildman–Crippen LogP) is 0.266. The number of nitrogens with zero attached hydrogens (tertiary/aromatic N) is 2. The Hall–Kier alpha value is -1.03. The summed E-state index contributed by atoms with van der Waals surface area (Å²) in [5, 5.41) is 9.56. The first-order valence-corrected chi connectivity index (χ1v) is 4.27. The average Bonchev–Trinajstić information content (AvgIpc) is 2.15. The fourth-order valence-corrected chi connectivity index (χ4v) is 1.29. The molecular weight excluding hydrogens is 168 g/mol. The molecule has 0 unspecified atom stereocenters. The summed E-state index contributed by atoms with van der Waals surface area (Å²) < 4.78 is 3.23. The van der Waals surface area contributed by atoms with Crippen LogP contribution in [0.15, 0.2) is 11.0 Å². The maximum atomic E-state index is 11.3. The van der Waals surface area contributed by atoms with Crippen molar-refractivity contribution in [1.82, 2.24) is 9.36 Å². The first-order valence-electron chi connectivity index (χ1n) is 4.27. The van der Waals surface area contributed by atoms with E-state index in [-0.39, 0.29) is 5.56 Å². The molecule has 1 rings (SSSR count). The van der Waals surface area contributed by atoms with Gasteiger partial charge < -0.3 is 5.11 Å². The summed E-state index contributed by atoms with van der Waals surface area (Å²) in [7, 11) is 1.70. The van der Waals surface area contributed by atoms with Crippen molar-refractivity contribution in [3.8, 4) is 0 Å². The zero-order valence-corrected chi connectivity index (χ0v) is 8.53. The summed E-state index contributed by atoms with van der Waals surface area (Å²) in [6.45, 7) is 5.62. The Kier molecular flexibility index (Phi) is 2.34. The van der Waals surface area contributed by atoms with Gasteiger partial charge in [-0.3, -0.25) is 14.2 Å². The molecule has 0 saturated carbocycles. The zero-order valence-electron chi connectivity index (χ0n) is 8.53. The summed E-state index contributed by atoms with van der Waals surface area (Å²) in [6, 6.07) is 0. The summed E-state index contributed by atoms with van der Waals surface area (Å²) in [6.07, 6.45) is 1.75. The van der Waals surface area contributed by atoms with Gasteiger partial charge in [-0.05, 0) is 20.8 Å². The monoisotopic (exact) mass is 184 g/mol. The molecule has 0 aliphatic heterocycles. The number of rotatable bonds is 2. The van der Waals surface area contributed by atoms with E-state index in [1.165, 1.54) is 4.68 Å². The second kappa shape index (κ2) is 3.03.